The number of aryl methyl sites for hydroxylation is 1. The summed E-state index contributed by atoms with van der Waals surface area (Å²) in [6, 6.07) is 14.5. The number of nitrogens with zero attached hydrogens (tertiary/aromatic N) is 2. The van der Waals surface area contributed by atoms with Gasteiger partial charge in [-0.3, -0.25) is 4.79 Å². The van der Waals surface area contributed by atoms with Gasteiger partial charge < -0.3 is 9.84 Å². The van der Waals surface area contributed by atoms with Crippen molar-refractivity contribution in [3.05, 3.63) is 70.7 Å². The molecule has 1 N–H and O–H groups in total. The molecule has 2 aromatic heterocycles. The Morgan fingerprint density at radius 2 is 1.92 bits per heavy atom. The predicted octanol–water partition coefficient (Wildman–Crippen LogP) is 4.36. The second-order valence-corrected chi connectivity index (χ2v) is 6.77. The SMILES string of the molecule is Cc1cc(C(C)(C)NC(=O)c2cccc(-c3cccc(Cl)c3)n2)on1. The lowest BCUT2D eigenvalue weighted by atomic mass is 10.0. The van der Waals surface area contributed by atoms with Gasteiger partial charge in [-0.15, -0.1) is 0 Å². The Balaban J connectivity index is 1.84. The first-order valence-electron chi connectivity index (χ1n) is 7.84. The number of hydrogen-bond acceptors (Lipinski definition) is 4. The Labute approximate surface area is 151 Å². The van der Waals surface area contributed by atoms with E-state index in [0.717, 1.165) is 11.3 Å². The number of halogens is 1. The van der Waals surface area contributed by atoms with Crippen molar-refractivity contribution in [3.8, 4) is 11.3 Å². The van der Waals surface area contributed by atoms with Crippen molar-refractivity contribution >= 4 is 17.5 Å². The van der Waals surface area contributed by atoms with Crippen molar-refractivity contribution in [1.82, 2.24) is 15.5 Å². The lowest BCUT2D eigenvalue weighted by Gasteiger charge is -2.22. The van der Waals surface area contributed by atoms with Gasteiger partial charge in [-0.1, -0.05) is 35.0 Å². The number of carbonyl (C=O) groups is 1. The Kier molecular flexibility index (Phi) is 4.59. The molecule has 3 rings (SSSR count). The summed E-state index contributed by atoms with van der Waals surface area (Å²) in [5.74, 6) is 0.298. The number of pyridine rings is 1. The van der Waals surface area contributed by atoms with Gasteiger partial charge in [-0.2, -0.15) is 0 Å². The van der Waals surface area contributed by atoms with Crippen LogP contribution >= 0.6 is 11.6 Å². The molecule has 2 heterocycles. The first-order chi connectivity index (χ1) is 11.8. The van der Waals surface area contributed by atoms with Crippen LogP contribution in [0.1, 0.15) is 35.8 Å². The molecular formula is C19H18ClN3O2. The molecule has 6 heteroatoms. The highest BCUT2D eigenvalue weighted by atomic mass is 35.5. The first-order valence-corrected chi connectivity index (χ1v) is 8.22. The average molecular weight is 356 g/mol. The van der Waals surface area contributed by atoms with Crippen LogP contribution in [0.4, 0.5) is 0 Å². The first kappa shape index (κ1) is 17.2. The molecule has 0 atom stereocenters. The minimum atomic E-state index is -0.702. The molecule has 0 saturated carbocycles. The van der Waals surface area contributed by atoms with Crippen molar-refractivity contribution in [1.29, 1.82) is 0 Å². The highest BCUT2D eigenvalue weighted by Crippen LogP contribution is 2.23. The van der Waals surface area contributed by atoms with Gasteiger partial charge in [-0.05, 0) is 45.0 Å². The maximum Gasteiger partial charge on any atom is 0.270 e. The summed E-state index contributed by atoms with van der Waals surface area (Å²) in [6.45, 7) is 5.54. The van der Waals surface area contributed by atoms with Gasteiger partial charge in [0.05, 0.1) is 16.9 Å². The van der Waals surface area contributed by atoms with Crippen LogP contribution in [0.25, 0.3) is 11.3 Å². The van der Waals surface area contributed by atoms with E-state index in [0.29, 0.717) is 22.2 Å². The van der Waals surface area contributed by atoms with E-state index in [2.05, 4.69) is 15.5 Å². The average Bonchev–Trinajstić information content (AvgIpc) is 3.02. The third kappa shape index (κ3) is 3.88. The van der Waals surface area contributed by atoms with Crippen LogP contribution in [-0.4, -0.2) is 16.0 Å². The van der Waals surface area contributed by atoms with Crippen LogP contribution in [0.15, 0.2) is 53.1 Å². The molecule has 0 aliphatic rings. The molecule has 0 fully saturated rings. The highest BCUT2D eigenvalue weighted by molar-refractivity contribution is 6.30. The van der Waals surface area contributed by atoms with Gasteiger partial charge >= 0.3 is 0 Å². The maximum absolute atomic E-state index is 12.6. The van der Waals surface area contributed by atoms with Gasteiger partial charge in [-0.25, -0.2) is 4.98 Å². The molecule has 5 nitrogen and oxygen atoms in total. The topological polar surface area (TPSA) is 68.0 Å². The number of nitrogens with one attached hydrogen (secondary N) is 1. The summed E-state index contributed by atoms with van der Waals surface area (Å²) in [5.41, 5.74) is 1.92. The van der Waals surface area contributed by atoms with E-state index in [-0.39, 0.29) is 5.91 Å². The number of rotatable bonds is 4. The molecule has 1 amide bonds. The van der Waals surface area contributed by atoms with Crippen molar-refractivity contribution in [2.24, 2.45) is 0 Å². The summed E-state index contributed by atoms with van der Waals surface area (Å²) in [4.78, 5) is 17.1. The van der Waals surface area contributed by atoms with Crippen molar-refractivity contribution in [2.45, 2.75) is 26.3 Å². The fraction of sp³-hybridized carbons (Fsp3) is 0.211. The number of benzene rings is 1. The minimum absolute atomic E-state index is 0.289. The van der Waals surface area contributed by atoms with Crippen LogP contribution in [0.3, 0.4) is 0 Å². The van der Waals surface area contributed by atoms with Crippen molar-refractivity contribution < 1.29 is 9.32 Å². The van der Waals surface area contributed by atoms with E-state index in [1.54, 1.807) is 24.3 Å². The molecular weight excluding hydrogens is 338 g/mol. The predicted molar refractivity (Wildman–Crippen MR) is 96.4 cm³/mol. The van der Waals surface area contributed by atoms with E-state index in [9.17, 15) is 4.79 Å². The summed E-state index contributed by atoms with van der Waals surface area (Å²) in [7, 11) is 0. The summed E-state index contributed by atoms with van der Waals surface area (Å²) in [6.07, 6.45) is 0. The zero-order valence-electron chi connectivity index (χ0n) is 14.2. The fourth-order valence-corrected chi connectivity index (χ4v) is 2.63. The van der Waals surface area contributed by atoms with E-state index >= 15 is 0 Å². The van der Waals surface area contributed by atoms with Crippen LogP contribution < -0.4 is 5.32 Å². The van der Waals surface area contributed by atoms with E-state index in [4.69, 9.17) is 16.1 Å². The second-order valence-electron chi connectivity index (χ2n) is 6.33. The largest absolute Gasteiger partial charge is 0.359 e. The standard InChI is InChI=1S/C19H18ClN3O2/c1-12-10-17(25-23-12)19(2,3)22-18(24)16-9-5-8-15(21-16)13-6-4-7-14(20)11-13/h4-11H,1-3H3,(H,22,24). The van der Waals surface area contributed by atoms with Crippen LogP contribution in [0, 0.1) is 6.92 Å². The van der Waals surface area contributed by atoms with Gasteiger partial charge in [0.15, 0.2) is 5.76 Å². The van der Waals surface area contributed by atoms with Crippen molar-refractivity contribution in [2.75, 3.05) is 0 Å². The lowest BCUT2D eigenvalue weighted by molar-refractivity contribution is 0.0893. The normalized spacial score (nSPS) is 11.4. The molecule has 0 spiro atoms. The monoisotopic (exact) mass is 355 g/mol. The number of amides is 1. The third-order valence-corrected chi connectivity index (χ3v) is 4.01. The smallest absolute Gasteiger partial charge is 0.270 e. The second kappa shape index (κ2) is 6.69. The zero-order chi connectivity index (χ0) is 18.0. The third-order valence-electron chi connectivity index (χ3n) is 3.77. The zero-order valence-corrected chi connectivity index (χ0v) is 15.0. The molecule has 0 aliphatic heterocycles. The summed E-state index contributed by atoms with van der Waals surface area (Å²) < 4.78 is 5.27. The molecule has 1 aromatic carbocycles. The van der Waals surface area contributed by atoms with Crippen LogP contribution in [-0.2, 0) is 5.54 Å². The van der Waals surface area contributed by atoms with Gasteiger partial charge in [0.2, 0.25) is 0 Å². The van der Waals surface area contributed by atoms with Gasteiger partial charge in [0, 0.05) is 16.7 Å². The molecule has 0 radical (unpaired) electrons. The highest BCUT2D eigenvalue weighted by Gasteiger charge is 2.28. The molecule has 0 bridgehead atoms. The molecule has 25 heavy (non-hydrogen) atoms. The fourth-order valence-electron chi connectivity index (χ4n) is 2.44. The lowest BCUT2D eigenvalue weighted by Crippen LogP contribution is -2.41. The quantitative estimate of drug-likeness (QED) is 0.754. The summed E-state index contributed by atoms with van der Waals surface area (Å²) >= 11 is 6.03. The molecule has 0 unspecified atom stereocenters. The van der Waals surface area contributed by atoms with E-state index in [1.165, 1.54) is 0 Å². The number of hydrogen-bond donors (Lipinski definition) is 1. The van der Waals surface area contributed by atoms with E-state index in [1.807, 2.05) is 45.0 Å². The van der Waals surface area contributed by atoms with Gasteiger partial charge in [0.25, 0.3) is 5.91 Å². The Hall–Kier alpha value is -2.66. The molecule has 3 aromatic rings. The van der Waals surface area contributed by atoms with E-state index < -0.39 is 5.54 Å². The van der Waals surface area contributed by atoms with Gasteiger partial charge in [0.1, 0.15) is 5.69 Å². The minimum Gasteiger partial charge on any atom is -0.359 e. The molecule has 0 aliphatic carbocycles. The Morgan fingerprint density at radius 3 is 2.60 bits per heavy atom. The number of carbonyl (C=O) groups excluding carboxylic acids is 1. The maximum atomic E-state index is 12.6. The number of aromatic nitrogens is 2. The summed E-state index contributed by atoms with van der Waals surface area (Å²) in [5, 5.41) is 7.42. The van der Waals surface area contributed by atoms with Crippen LogP contribution in [0.5, 0.6) is 0 Å². The Bertz CT molecular complexity index is 918. The van der Waals surface area contributed by atoms with Crippen LogP contribution in [0.2, 0.25) is 5.02 Å². The molecule has 0 saturated heterocycles. The Morgan fingerprint density at radius 1 is 1.16 bits per heavy atom. The molecule has 128 valence electrons. The van der Waals surface area contributed by atoms with Crippen molar-refractivity contribution in [3.63, 3.8) is 0 Å².